The first-order valence-corrected chi connectivity index (χ1v) is 7.26. The minimum Gasteiger partial charge on any atom is -0.307 e. The summed E-state index contributed by atoms with van der Waals surface area (Å²) in [6.07, 6.45) is 3.49. The molecule has 0 fully saturated rings. The maximum atomic E-state index is 13.3. The van der Waals surface area contributed by atoms with E-state index in [1.165, 1.54) is 17.1 Å². The van der Waals surface area contributed by atoms with Gasteiger partial charge in [0.2, 0.25) is 0 Å². The number of benzene rings is 1. The van der Waals surface area contributed by atoms with Gasteiger partial charge < -0.3 is 5.73 Å². The molecule has 1 unspecified atom stereocenters. The zero-order valence-corrected chi connectivity index (χ0v) is 13.0. The molecule has 1 aromatic carbocycles. The second-order valence-corrected chi connectivity index (χ2v) is 5.89. The Labute approximate surface area is 133 Å². The van der Waals surface area contributed by atoms with E-state index in [1.807, 2.05) is 6.92 Å². The maximum Gasteiger partial charge on any atom is 0.275 e. The van der Waals surface area contributed by atoms with Gasteiger partial charge in [-0.3, -0.25) is 9.78 Å². The monoisotopic (exact) mass is 312 g/mol. The molecule has 5 nitrogen and oxygen atoms in total. The first-order valence-electron chi connectivity index (χ1n) is 7.26. The number of rotatable bonds is 2. The molecule has 23 heavy (non-hydrogen) atoms. The topological polar surface area (TPSA) is 71.6 Å². The highest BCUT2D eigenvalue weighted by Gasteiger charge is 2.39. The molecule has 0 aliphatic carbocycles. The van der Waals surface area contributed by atoms with Gasteiger partial charge in [-0.2, -0.15) is 5.10 Å². The van der Waals surface area contributed by atoms with Crippen molar-refractivity contribution in [1.82, 2.24) is 9.99 Å². The molecule has 2 heterocycles. The summed E-state index contributed by atoms with van der Waals surface area (Å²) in [7, 11) is 0. The van der Waals surface area contributed by atoms with Crippen molar-refractivity contribution in [3.8, 4) is 0 Å². The molecule has 0 saturated carbocycles. The fourth-order valence-electron chi connectivity index (χ4n) is 2.68. The van der Waals surface area contributed by atoms with Crippen molar-refractivity contribution < 1.29 is 9.18 Å². The SMILES string of the molecule is Cc1cc(F)ccc1C1=NN(C(=O)c2ccncc2)C(C)(N)C1. The maximum absolute atomic E-state index is 13.3. The summed E-state index contributed by atoms with van der Waals surface area (Å²) in [5, 5.41) is 5.70. The van der Waals surface area contributed by atoms with E-state index in [0.29, 0.717) is 17.7 Å². The van der Waals surface area contributed by atoms with Crippen molar-refractivity contribution in [3.05, 3.63) is 65.2 Å². The van der Waals surface area contributed by atoms with Gasteiger partial charge in [0.1, 0.15) is 11.5 Å². The number of carbonyl (C=O) groups excluding carboxylic acids is 1. The van der Waals surface area contributed by atoms with Gasteiger partial charge in [-0.15, -0.1) is 0 Å². The molecule has 1 aromatic heterocycles. The fourth-order valence-corrected chi connectivity index (χ4v) is 2.68. The largest absolute Gasteiger partial charge is 0.307 e. The second kappa shape index (κ2) is 5.55. The van der Waals surface area contributed by atoms with Crippen LogP contribution in [0.5, 0.6) is 0 Å². The molecule has 0 spiro atoms. The molecule has 2 aromatic rings. The highest BCUT2D eigenvalue weighted by Crippen LogP contribution is 2.28. The number of halogens is 1. The van der Waals surface area contributed by atoms with Crippen molar-refractivity contribution in [2.45, 2.75) is 25.9 Å². The Morgan fingerprint density at radius 3 is 2.65 bits per heavy atom. The predicted octanol–water partition coefficient (Wildman–Crippen LogP) is 2.45. The van der Waals surface area contributed by atoms with Crippen molar-refractivity contribution in [2.75, 3.05) is 0 Å². The van der Waals surface area contributed by atoms with Crippen LogP contribution in [0, 0.1) is 12.7 Å². The molecular weight excluding hydrogens is 295 g/mol. The molecule has 2 N–H and O–H groups in total. The number of nitrogens with zero attached hydrogens (tertiary/aromatic N) is 3. The normalized spacial score (nSPS) is 20.5. The molecule has 118 valence electrons. The molecule has 0 saturated heterocycles. The third-order valence-electron chi connectivity index (χ3n) is 3.85. The highest BCUT2D eigenvalue weighted by molar-refractivity contribution is 6.06. The smallest absolute Gasteiger partial charge is 0.275 e. The highest BCUT2D eigenvalue weighted by atomic mass is 19.1. The Morgan fingerprint density at radius 1 is 1.30 bits per heavy atom. The lowest BCUT2D eigenvalue weighted by Gasteiger charge is -2.28. The van der Waals surface area contributed by atoms with Crippen LogP contribution < -0.4 is 5.73 Å². The number of nitrogens with two attached hydrogens (primary N) is 1. The lowest BCUT2D eigenvalue weighted by atomic mass is 9.97. The molecule has 1 amide bonds. The van der Waals surface area contributed by atoms with Gasteiger partial charge in [0.25, 0.3) is 5.91 Å². The van der Waals surface area contributed by atoms with Gasteiger partial charge in [-0.1, -0.05) is 0 Å². The lowest BCUT2D eigenvalue weighted by Crippen LogP contribution is -2.50. The average molecular weight is 312 g/mol. The summed E-state index contributed by atoms with van der Waals surface area (Å²) in [4.78, 5) is 16.5. The molecule has 0 radical (unpaired) electrons. The second-order valence-electron chi connectivity index (χ2n) is 5.89. The third-order valence-corrected chi connectivity index (χ3v) is 3.85. The van der Waals surface area contributed by atoms with E-state index in [1.54, 1.807) is 37.5 Å². The van der Waals surface area contributed by atoms with Crippen LogP contribution >= 0.6 is 0 Å². The number of amides is 1. The summed E-state index contributed by atoms with van der Waals surface area (Å²) in [5.41, 5.74) is 8.04. The van der Waals surface area contributed by atoms with Gasteiger partial charge in [0.05, 0.1) is 5.71 Å². The van der Waals surface area contributed by atoms with Crippen LogP contribution in [0.25, 0.3) is 0 Å². The average Bonchev–Trinajstić information content (AvgIpc) is 2.82. The van der Waals surface area contributed by atoms with E-state index in [9.17, 15) is 9.18 Å². The van der Waals surface area contributed by atoms with Gasteiger partial charge in [0, 0.05) is 29.9 Å². The Hall–Kier alpha value is -2.60. The predicted molar refractivity (Wildman–Crippen MR) is 85.3 cm³/mol. The van der Waals surface area contributed by atoms with Gasteiger partial charge in [0.15, 0.2) is 0 Å². The Bertz CT molecular complexity index is 786. The van der Waals surface area contributed by atoms with E-state index < -0.39 is 5.66 Å². The van der Waals surface area contributed by atoms with Gasteiger partial charge in [-0.25, -0.2) is 9.40 Å². The van der Waals surface area contributed by atoms with Gasteiger partial charge in [-0.05, 0) is 49.7 Å². The van der Waals surface area contributed by atoms with E-state index in [-0.39, 0.29) is 11.7 Å². The molecular formula is C17H17FN4O. The first-order chi connectivity index (χ1) is 10.9. The summed E-state index contributed by atoms with van der Waals surface area (Å²) < 4.78 is 13.3. The summed E-state index contributed by atoms with van der Waals surface area (Å²) in [6, 6.07) is 7.73. The number of aryl methyl sites for hydroxylation is 1. The minimum atomic E-state index is -0.934. The van der Waals surface area contributed by atoms with E-state index in [4.69, 9.17) is 5.73 Å². The van der Waals surface area contributed by atoms with Crippen LogP contribution in [0.2, 0.25) is 0 Å². The number of hydrazone groups is 1. The lowest BCUT2D eigenvalue weighted by molar-refractivity contribution is 0.0591. The van der Waals surface area contributed by atoms with Crippen molar-refractivity contribution in [2.24, 2.45) is 10.8 Å². The quantitative estimate of drug-likeness (QED) is 0.926. The van der Waals surface area contributed by atoms with Crippen LogP contribution in [0.1, 0.15) is 34.8 Å². The minimum absolute atomic E-state index is 0.285. The zero-order chi connectivity index (χ0) is 16.6. The van der Waals surface area contributed by atoms with Crippen molar-refractivity contribution >= 4 is 11.6 Å². The number of aromatic nitrogens is 1. The molecule has 6 heteroatoms. The van der Waals surface area contributed by atoms with Crippen molar-refractivity contribution in [1.29, 1.82) is 0 Å². The van der Waals surface area contributed by atoms with Crippen LogP contribution in [0.4, 0.5) is 4.39 Å². The number of carbonyl (C=O) groups is 1. The van der Waals surface area contributed by atoms with Crippen LogP contribution in [0.3, 0.4) is 0 Å². The number of hydrogen-bond acceptors (Lipinski definition) is 4. The number of hydrogen-bond donors (Lipinski definition) is 1. The van der Waals surface area contributed by atoms with E-state index in [2.05, 4.69) is 10.1 Å². The first kappa shape index (κ1) is 15.3. The molecule has 1 atom stereocenters. The van der Waals surface area contributed by atoms with E-state index >= 15 is 0 Å². The Balaban J connectivity index is 1.98. The fraction of sp³-hybridized carbons (Fsp3) is 0.235. The summed E-state index contributed by atoms with van der Waals surface area (Å²) >= 11 is 0. The van der Waals surface area contributed by atoms with Gasteiger partial charge >= 0.3 is 0 Å². The zero-order valence-electron chi connectivity index (χ0n) is 13.0. The molecule has 1 aliphatic heterocycles. The van der Waals surface area contributed by atoms with E-state index in [0.717, 1.165) is 11.1 Å². The van der Waals surface area contributed by atoms with Crippen LogP contribution in [0.15, 0.2) is 47.8 Å². The Morgan fingerprint density at radius 2 is 2.00 bits per heavy atom. The number of pyridine rings is 1. The molecule has 3 rings (SSSR count). The Kier molecular flexibility index (Phi) is 3.69. The van der Waals surface area contributed by atoms with Crippen molar-refractivity contribution in [3.63, 3.8) is 0 Å². The third kappa shape index (κ3) is 2.85. The van der Waals surface area contributed by atoms with Crippen LogP contribution in [-0.2, 0) is 0 Å². The van der Waals surface area contributed by atoms with Crippen LogP contribution in [-0.4, -0.2) is 27.3 Å². The molecule has 0 bridgehead atoms. The standard InChI is InChI=1S/C17H17FN4O/c1-11-9-13(18)3-4-14(11)15-10-17(2,19)22(21-15)16(23)12-5-7-20-8-6-12/h3-9H,10,19H2,1-2H3. The summed E-state index contributed by atoms with van der Waals surface area (Å²) in [5.74, 6) is -0.586. The molecule has 1 aliphatic rings. The summed E-state index contributed by atoms with van der Waals surface area (Å²) in [6.45, 7) is 3.56.